The number of halogens is 2. The number of rotatable bonds is 4. The van der Waals surface area contributed by atoms with Crippen molar-refractivity contribution in [2.24, 2.45) is 11.3 Å². The Balaban J connectivity index is 1.99. The Morgan fingerprint density at radius 2 is 2.15 bits per heavy atom. The molecule has 3 nitrogen and oxygen atoms in total. The van der Waals surface area contributed by atoms with Crippen molar-refractivity contribution in [2.45, 2.75) is 50.1 Å². The van der Waals surface area contributed by atoms with Gasteiger partial charge in [-0.05, 0) is 50.1 Å². The summed E-state index contributed by atoms with van der Waals surface area (Å²) in [6.07, 6.45) is 16.0. The van der Waals surface area contributed by atoms with Gasteiger partial charge in [-0.2, -0.15) is 0 Å². The van der Waals surface area contributed by atoms with E-state index in [1.165, 1.54) is 0 Å². The van der Waals surface area contributed by atoms with E-state index in [0.717, 1.165) is 18.4 Å². The van der Waals surface area contributed by atoms with Gasteiger partial charge in [-0.25, -0.2) is 0 Å². The highest BCUT2D eigenvalue weighted by atomic mass is 35.5. The summed E-state index contributed by atoms with van der Waals surface area (Å²) in [5.41, 5.74) is 0.269. The van der Waals surface area contributed by atoms with Crippen LogP contribution in [0.25, 0.3) is 0 Å². The highest BCUT2D eigenvalue weighted by Gasteiger charge is 2.50. The molecule has 0 bridgehead atoms. The van der Waals surface area contributed by atoms with Crippen molar-refractivity contribution in [3.05, 3.63) is 59.8 Å². The molecule has 2 aliphatic heterocycles. The zero-order valence-corrected chi connectivity index (χ0v) is 16.8. The number of hydrogen-bond donors (Lipinski definition) is 2. The minimum Gasteiger partial charge on any atom is -0.382 e. The van der Waals surface area contributed by atoms with Gasteiger partial charge in [0.1, 0.15) is 0 Å². The number of carbonyl (C=O) groups excluding carboxylic acids is 1. The number of amides is 1. The molecule has 1 fully saturated rings. The van der Waals surface area contributed by atoms with Crippen LogP contribution in [0.1, 0.15) is 33.1 Å². The second kappa shape index (κ2) is 7.28. The molecule has 0 spiro atoms. The van der Waals surface area contributed by atoms with Crippen molar-refractivity contribution in [1.82, 2.24) is 10.6 Å². The molecule has 3 rings (SSSR count). The summed E-state index contributed by atoms with van der Waals surface area (Å²) >= 11 is 12.5. The van der Waals surface area contributed by atoms with Crippen LogP contribution in [0.4, 0.5) is 0 Å². The summed E-state index contributed by atoms with van der Waals surface area (Å²) in [7, 11) is 0. The van der Waals surface area contributed by atoms with Crippen LogP contribution >= 0.6 is 23.2 Å². The van der Waals surface area contributed by atoms with Gasteiger partial charge in [0.05, 0.1) is 22.4 Å². The smallest absolute Gasteiger partial charge is 0.226 e. The minimum atomic E-state index is -0.483. The van der Waals surface area contributed by atoms with Crippen molar-refractivity contribution in [1.29, 1.82) is 0 Å². The van der Waals surface area contributed by atoms with Crippen LogP contribution in [0.2, 0.25) is 0 Å². The second-order valence-corrected chi connectivity index (χ2v) is 8.92. The van der Waals surface area contributed by atoms with Gasteiger partial charge in [0.15, 0.2) is 0 Å². The van der Waals surface area contributed by atoms with Gasteiger partial charge < -0.3 is 10.6 Å². The lowest BCUT2D eigenvalue weighted by atomic mass is 9.63. The average Bonchev–Trinajstić information content (AvgIpc) is 2.58. The van der Waals surface area contributed by atoms with Crippen LogP contribution in [0, 0.1) is 11.3 Å². The third kappa shape index (κ3) is 3.65. The quantitative estimate of drug-likeness (QED) is 0.543. The first kappa shape index (κ1) is 19.3. The molecule has 1 aliphatic carbocycles. The monoisotopic (exact) mass is 392 g/mol. The number of allylic oxidation sites excluding steroid dienone is 5. The average molecular weight is 393 g/mol. The molecule has 0 aromatic carbocycles. The summed E-state index contributed by atoms with van der Waals surface area (Å²) in [5, 5.41) is 7.48. The van der Waals surface area contributed by atoms with E-state index in [0.29, 0.717) is 11.5 Å². The lowest BCUT2D eigenvalue weighted by Gasteiger charge is -2.50. The van der Waals surface area contributed by atoms with Crippen LogP contribution < -0.4 is 10.6 Å². The Labute approximate surface area is 165 Å². The van der Waals surface area contributed by atoms with Crippen LogP contribution in [-0.2, 0) is 4.79 Å². The molecular formula is C21H26Cl2N2O. The van der Waals surface area contributed by atoms with E-state index in [4.69, 9.17) is 23.2 Å². The predicted octanol–water partition coefficient (Wildman–Crippen LogP) is 4.57. The molecule has 26 heavy (non-hydrogen) atoms. The summed E-state index contributed by atoms with van der Waals surface area (Å²) in [6, 6.07) is -0.0921. The fraction of sp³-hybridized carbons (Fsp3) is 0.476. The summed E-state index contributed by atoms with van der Waals surface area (Å²) < 4.78 is 0. The molecule has 2 unspecified atom stereocenters. The first-order valence-corrected chi connectivity index (χ1v) is 9.86. The van der Waals surface area contributed by atoms with Crippen molar-refractivity contribution < 1.29 is 4.79 Å². The van der Waals surface area contributed by atoms with E-state index < -0.39 is 5.41 Å². The van der Waals surface area contributed by atoms with Crippen LogP contribution in [0.15, 0.2) is 59.8 Å². The van der Waals surface area contributed by atoms with Gasteiger partial charge in [-0.3, -0.25) is 4.79 Å². The predicted molar refractivity (Wildman–Crippen MR) is 109 cm³/mol. The highest BCUT2D eigenvalue weighted by Crippen LogP contribution is 2.44. The maximum Gasteiger partial charge on any atom is 0.226 e. The topological polar surface area (TPSA) is 41.1 Å². The van der Waals surface area contributed by atoms with E-state index in [1.807, 2.05) is 37.4 Å². The first-order valence-electron chi connectivity index (χ1n) is 9.04. The van der Waals surface area contributed by atoms with Gasteiger partial charge in [0.2, 0.25) is 5.91 Å². The fourth-order valence-corrected chi connectivity index (χ4v) is 4.66. The van der Waals surface area contributed by atoms with Crippen molar-refractivity contribution in [3.8, 4) is 0 Å². The van der Waals surface area contributed by atoms with Crippen molar-refractivity contribution in [2.75, 3.05) is 0 Å². The number of hydrogen-bond acceptors (Lipinski definition) is 2. The van der Waals surface area contributed by atoms with E-state index in [2.05, 4.69) is 36.3 Å². The molecule has 140 valence electrons. The molecule has 1 saturated heterocycles. The Kier molecular flexibility index (Phi) is 5.41. The Morgan fingerprint density at radius 1 is 1.38 bits per heavy atom. The summed E-state index contributed by atoms with van der Waals surface area (Å²) in [4.78, 5) is 12.9. The first-order chi connectivity index (χ1) is 12.3. The van der Waals surface area contributed by atoms with Crippen LogP contribution in [0.3, 0.4) is 0 Å². The molecule has 0 aromatic rings. The summed E-state index contributed by atoms with van der Waals surface area (Å²) in [6.45, 7) is 7.99. The lowest BCUT2D eigenvalue weighted by Crippen LogP contribution is -2.63. The van der Waals surface area contributed by atoms with E-state index in [-0.39, 0.29) is 28.8 Å². The van der Waals surface area contributed by atoms with Gasteiger partial charge in [0.25, 0.3) is 0 Å². The van der Waals surface area contributed by atoms with Crippen LogP contribution in [-0.4, -0.2) is 22.9 Å². The zero-order valence-electron chi connectivity index (χ0n) is 15.3. The lowest BCUT2D eigenvalue weighted by molar-refractivity contribution is -0.136. The highest BCUT2D eigenvalue weighted by molar-refractivity contribution is 6.31. The molecule has 3 aliphatic rings. The van der Waals surface area contributed by atoms with Gasteiger partial charge in [-0.15, -0.1) is 18.2 Å². The molecular weight excluding hydrogens is 367 g/mol. The Hall–Kier alpha value is -1.45. The molecule has 2 heterocycles. The number of carbonyl (C=O) groups is 1. The van der Waals surface area contributed by atoms with Gasteiger partial charge in [0, 0.05) is 11.0 Å². The fourth-order valence-electron chi connectivity index (χ4n) is 4.21. The maximum atomic E-state index is 12.9. The molecule has 1 amide bonds. The van der Waals surface area contributed by atoms with Gasteiger partial charge in [-0.1, -0.05) is 42.8 Å². The molecule has 0 aromatic heterocycles. The van der Waals surface area contributed by atoms with Crippen LogP contribution in [0.5, 0.6) is 0 Å². The minimum absolute atomic E-state index is 0.0168. The standard InChI is InChI=1S/C21H26Cl2N2O/c1-4-10-20(2)13-17(21(3)12-16(23)9-11-24-21)18(25-19(20)26)14-5-7-15(22)8-6-14/h4-7,9,11-12,15,17-18,24H,1,8,10,13H2,2-3H3,(H,25,26)/t15?,17-,18?,20+,21+/m0/s1. The number of piperidine rings is 1. The van der Waals surface area contributed by atoms with Gasteiger partial charge >= 0.3 is 0 Å². The largest absolute Gasteiger partial charge is 0.382 e. The number of alkyl halides is 1. The van der Waals surface area contributed by atoms with Crippen molar-refractivity contribution in [3.63, 3.8) is 0 Å². The summed E-state index contributed by atoms with van der Waals surface area (Å²) in [5.74, 6) is 0.206. The number of nitrogens with one attached hydrogen (secondary N) is 2. The third-order valence-electron chi connectivity index (χ3n) is 5.78. The second-order valence-electron chi connectivity index (χ2n) is 7.92. The van der Waals surface area contributed by atoms with E-state index in [9.17, 15) is 4.79 Å². The molecule has 0 radical (unpaired) electrons. The molecule has 2 N–H and O–H groups in total. The normalized spacial score (nSPS) is 39.5. The van der Waals surface area contributed by atoms with E-state index in [1.54, 1.807) is 0 Å². The van der Waals surface area contributed by atoms with Crippen molar-refractivity contribution >= 4 is 29.1 Å². The maximum absolute atomic E-state index is 12.9. The zero-order chi connectivity index (χ0) is 18.9. The van der Waals surface area contributed by atoms with E-state index >= 15 is 0 Å². The third-order valence-corrected chi connectivity index (χ3v) is 6.34. The molecule has 5 heteroatoms. The molecule has 5 atom stereocenters. The Morgan fingerprint density at radius 3 is 2.77 bits per heavy atom. The Bertz CT molecular complexity index is 724. The molecule has 0 saturated carbocycles. The number of dihydropyridines is 1. The SMILES string of the molecule is C=CC[C@]1(C)C[C@H]([C@@]2(C)C=C(Cl)C=CN2)C(C2=CCC(Cl)C=C2)NC1=O.